The third-order valence-corrected chi connectivity index (χ3v) is 3.42. The second kappa shape index (κ2) is 7.64. The number of hydrogen-bond donors (Lipinski definition) is 2. The van der Waals surface area contributed by atoms with Gasteiger partial charge in [-0.2, -0.15) is 0 Å². The molecular weight excluding hydrogens is 340 g/mol. The summed E-state index contributed by atoms with van der Waals surface area (Å²) in [5, 5.41) is 5.36. The molecule has 0 spiro atoms. The first-order valence-corrected chi connectivity index (χ1v) is 7.77. The average molecular weight is 355 g/mol. The van der Waals surface area contributed by atoms with E-state index in [4.69, 9.17) is 0 Å². The molecule has 0 aliphatic rings. The first kappa shape index (κ1) is 17.4. The molecule has 0 saturated heterocycles. The van der Waals surface area contributed by atoms with Gasteiger partial charge in [-0.3, -0.25) is 9.78 Å². The highest BCUT2D eigenvalue weighted by atomic mass is 19.1. The number of halogens is 2. The smallest absolute Gasteiger partial charge is 0.270 e. The summed E-state index contributed by atoms with van der Waals surface area (Å²) in [5.74, 6) is -1.84. The summed E-state index contributed by atoms with van der Waals surface area (Å²) < 4.78 is 26.7. The summed E-state index contributed by atoms with van der Waals surface area (Å²) in [4.78, 5) is 24.6. The number of hydrogen-bond acceptors (Lipinski definition) is 5. The van der Waals surface area contributed by atoms with Crippen LogP contribution in [0.5, 0.6) is 0 Å². The molecule has 132 valence electrons. The fraction of sp³-hybridized carbons (Fsp3) is 0.111. The lowest BCUT2D eigenvalue weighted by Gasteiger charge is -2.09. The predicted molar refractivity (Wildman–Crippen MR) is 91.8 cm³/mol. The number of nitrogens with zero attached hydrogens (tertiary/aromatic N) is 3. The lowest BCUT2D eigenvalue weighted by molar-refractivity contribution is 0.0945. The molecule has 0 aliphatic carbocycles. The van der Waals surface area contributed by atoms with Crippen LogP contribution in [0, 0.1) is 18.6 Å². The molecule has 0 fully saturated rings. The highest BCUT2D eigenvalue weighted by molar-refractivity contribution is 5.92. The fourth-order valence-corrected chi connectivity index (χ4v) is 2.22. The number of amides is 1. The Bertz CT molecular complexity index is 934. The van der Waals surface area contributed by atoms with Gasteiger partial charge in [0, 0.05) is 18.0 Å². The summed E-state index contributed by atoms with van der Waals surface area (Å²) in [5.41, 5.74) is 1.36. The summed E-state index contributed by atoms with van der Waals surface area (Å²) in [6, 6.07) is 10.0. The van der Waals surface area contributed by atoms with Crippen LogP contribution in [-0.2, 0) is 6.54 Å². The Balaban J connectivity index is 1.75. The van der Waals surface area contributed by atoms with Gasteiger partial charge in [0.15, 0.2) is 0 Å². The Morgan fingerprint density at radius 3 is 2.69 bits per heavy atom. The van der Waals surface area contributed by atoms with Gasteiger partial charge in [-0.15, -0.1) is 0 Å². The Morgan fingerprint density at radius 2 is 1.96 bits per heavy atom. The molecule has 26 heavy (non-hydrogen) atoms. The SMILES string of the molecule is Cc1cc(C(=O)NCc2ccccn2)nc(Nc2ccc(F)cc2F)n1. The van der Waals surface area contributed by atoms with Crippen LogP contribution in [0.1, 0.15) is 21.9 Å². The highest BCUT2D eigenvalue weighted by Gasteiger charge is 2.12. The van der Waals surface area contributed by atoms with Crippen LogP contribution in [0.3, 0.4) is 0 Å². The van der Waals surface area contributed by atoms with Gasteiger partial charge in [0.2, 0.25) is 5.95 Å². The maximum absolute atomic E-state index is 13.8. The highest BCUT2D eigenvalue weighted by Crippen LogP contribution is 2.19. The van der Waals surface area contributed by atoms with Crippen LogP contribution in [0.4, 0.5) is 20.4 Å². The second-order valence-electron chi connectivity index (χ2n) is 5.47. The van der Waals surface area contributed by atoms with Gasteiger partial charge >= 0.3 is 0 Å². The zero-order chi connectivity index (χ0) is 18.5. The Labute approximate surface area is 148 Å². The normalized spacial score (nSPS) is 10.4. The van der Waals surface area contributed by atoms with Crippen molar-refractivity contribution in [2.75, 3.05) is 5.32 Å². The summed E-state index contributed by atoms with van der Waals surface area (Å²) >= 11 is 0. The minimum absolute atomic E-state index is 0.0110. The van der Waals surface area contributed by atoms with Crippen LogP contribution in [0.25, 0.3) is 0 Å². The molecule has 0 bridgehead atoms. The lowest BCUT2D eigenvalue weighted by Crippen LogP contribution is -2.24. The van der Waals surface area contributed by atoms with Gasteiger partial charge < -0.3 is 10.6 Å². The number of aromatic nitrogens is 3. The quantitative estimate of drug-likeness (QED) is 0.735. The van der Waals surface area contributed by atoms with Crippen LogP contribution in [0.2, 0.25) is 0 Å². The molecule has 3 rings (SSSR count). The van der Waals surface area contributed by atoms with Crippen molar-refractivity contribution in [3.05, 3.63) is 77.4 Å². The first-order valence-electron chi connectivity index (χ1n) is 7.77. The van der Waals surface area contributed by atoms with Crippen LogP contribution < -0.4 is 10.6 Å². The summed E-state index contributed by atoms with van der Waals surface area (Å²) in [6.45, 7) is 1.93. The molecule has 2 heterocycles. The van der Waals surface area contributed by atoms with E-state index in [-0.39, 0.29) is 23.9 Å². The average Bonchev–Trinajstić information content (AvgIpc) is 2.62. The van der Waals surface area contributed by atoms with E-state index in [0.717, 1.165) is 12.1 Å². The van der Waals surface area contributed by atoms with Crippen molar-refractivity contribution in [2.24, 2.45) is 0 Å². The Hall–Kier alpha value is -3.42. The number of benzene rings is 1. The molecular formula is C18H15F2N5O. The molecule has 2 N–H and O–H groups in total. The van der Waals surface area contributed by atoms with Gasteiger partial charge in [0.1, 0.15) is 17.3 Å². The zero-order valence-electron chi connectivity index (χ0n) is 13.8. The minimum Gasteiger partial charge on any atom is -0.345 e. The molecule has 0 radical (unpaired) electrons. The molecule has 1 amide bonds. The molecule has 3 aromatic rings. The van der Waals surface area contributed by atoms with Crippen molar-refractivity contribution in [3.63, 3.8) is 0 Å². The van der Waals surface area contributed by atoms with Crippen LogP contribution in [-0.4, -0.2) is 20.9 Å². The van der Waals surface area contributed by atoms with Gasteiger partial charge in [-0.1, -0.05) is 6.07 Å². The standard InChI is InChI=1S/C18H15F2N5O/c1-11-8-16(17(26)22-10-13-4-2-3-7-21-13)25-18(23-11)24-15-6-5-12(19)9-14(15)20/h2-9H,10H2,1H3,(H,22,26)(H,23,24,25). The number of pyridine rings is 1. The maximum Gasteiger partial charge on any atom is 0.270 e. The van der Waals surface area contributed by atoms with E-state index in [1.807, 2.05) is 6.07 Å². The largest absolute Gasteiger partial charge is 0.345 e. The molecule has 0 aliphatic heterocycles. The number of carbonyl (C=O) groups excluding carboxylic acids is 1. The van der Waals surface area contributed by atoms with Crippen LogP contribution in [0.15, 0.2) is 48.7 Å². The predicted octanol–water partition coefficient (Wildman–Crippen LogP) is 3.13. The van der Waals surface area contributed by atoms with E-state index in [1.165, 1.54) is 12.1 Å². The van der Waals surface area contributed by atoms with E-state index in [2.05, 4.69) is 25.6 Å². The topological polar surface area (TPSA) is 79.8 Å². The lowest BCUT2D eigenvalue weighted by atomic mass is 10.3. The van der Waals surface area contributed by atoms with E-state index in [0.29, 0.717) is 11.4 Å². The monoisotopic (exact) mass is 355 g/mol. The Morgan fingerprint density at radius 1 is 1.12 bits per heavy atom. The van der Waals surface area contributed by atoms with Crippen molar-refractivity contribution in [1.82, 2.24) is 20.3 Å². The molecule has 2 aromatic heterocycles. The van der Waals surface area contributed by atoms with E-state index >= 15 is 0 Å². The third-order valence-electron chi connectivity index (χ3n) is 3.42. The van der Waals surface area contributed by atoms with Gasteiger partial charge in [-0.25, -0.2) is 18.7 Å². The van der Waals surface area contributed by atoms with Crippen molar-refractivity contribution < 1.29 is 13.6 Å². The molecule has 1 aromatic carbocycles. The molecule has 0 unspecified atom stereocenters. The van der Waals surface area contributed by atoms with Crippen molar-refractivity contribution >= 4 is 17.5 Å². The van der Waals surface area contributed by atoms with Crippen molar-refractivity contribution in [3.8, 4) is 0 Å². The second-order valence-corrected chi connectivity index (χ2v) is 5.47. The number of aryl methyl sites for hydroxylation is 1. The van der Waals surface area contributed by atoms with Crippen molar-refractivity contribution in [1.29, 1.82) is 0 Å². The molecule has 0 atom stereocenters. The van der Waals surface area contributed by atoms with E-state index in [1.54, 1.807) is 25.3 Å². The van der Waals surface area contributed by atoms with E-state index < -0.39 is 17.5 Å². The number of carbonyl (C=O) groups is 1. The van der Waals surface area contributed by atoms with Crippen LogP contribution >= 0.6 is 0 Å². The summed E-state index contributed by atoms with van der Waals surface area (Å²) in [7, 11) is 0. The Kier molecular flexibility index (Phi) is 5.12. The molecule has 0 saturated carbocycles. The zero-order valence-corrected chi connectivity index (χ0v) is 13.8. The number of anilines is 2. The van der Waals surface area contributed by atoms with E-state index in [9.17, 15) is 13.6 Å². The molecule has 8 heteroatoms. The first-order chi connectivity index (χ1) is 12.5. The number of rotatable bonds is 5. The minimum atomic E-state index is -0.781. The van der Waals surface area contributed by atoms with Gasteiger partial charge in [0.05, 0.1) is 17.9 Å². The third kappa shape index (κ3) is 4.35. The van der Waals surface area contributed by atoms with Gasteiger partial charge in [0.25, 0.3) is 5.91 Å². The maximum atomic E-state index is 13.8. The van der Waals surface area contributed by atoms with Gasteiger partial charge in [-0.05, 0) is 37.3 Å². The number of nitrogens with one attached hydrogen (secondary N) is 2. The van der Waals surface area contributed by atoms with Crippen molar-refractivity contribution in [2.45, 2.75) is 13.5 Å². The summed E-state index contributed by atoms with van der Waals surface area (Å²) in [6.07, 6.45) is 1.63. The fourth-order valence-electron chi connectivity index (χ4n) is 2.22. The molecule has 6 nitrogen and oxygen atoms in total.